The van der Waals surface area contributed by atoms with E-state index in [2.05, 4.69) is 9.68 Å². The number of phosphoric acid groups is 1. The number of rotatable bonds is 8. The molecule has 0 atom stereocenters. The first-order chi connectivity index (χ1) is 14.3. The van der Waals surface area contributed by atoms with E-state index in [1.54, 1.807) is 18.2 Å². The van der Waals surface area contributed by atoms with Crippen LogP contribution in [0.4, 0.5) is 0 Å². The minimum Gasteiger partial charge on any atom is -0.780 e. The van der Waals surface area contributed by atoms with Gasteiger partial charge in [0.1, 0.15) is 31.3 Å². The molecule has 3 aromatic rings. The lowest BCUT2D eigenvalue weighted by atomic mass is 10.00. The highest BCUT2D eigenvalue weighted by molar-refractivity contribution is 7.43. The minimum atomic E-state index is -5.33. The lowest BCUT2D eigenvalue weighted by Gasteiger charge is -2.30. The van der Waals surface area contributed by atoms with Gasteiger partial charge in [-0.3, -0.25) is 0 Å². The van der Waals surface area contributed by atoms with Crippen molar-refractivity contribution in [3.63, 3.8) is 0 Å². The predicted molar refractivity (Wildman–Crippen MR) is 102 cm³/mol. The Hall–Kier alpha value is -3.20. The summed E-state index contributed by atoms with van der Waals surface area (Å²) in [4.78, 5) is 22.5. The number of methoxy groups -OCH3 is 4. The molecule has 1 heterocycles. The van der Waals surface area contributed by atoms with E-state index >= 15 is 0 Å². The Balaban J connectivity index is 2.18. The summed E-state index contributed by atoms with van der Waals surface area (Å²) in [5.74, 6) is 1.24. The second kappa shape index (κ2) is 8.66. The van der Waals surface area contributed by atoms with Gasteiger partial charge in [-0.2, -0.15) is 0 Å². The molecular weight excluding hydrogens is 417 g/mol. The number of hydrogen-bond donors (Lipinski definition) is 0. The van der Waals surface area contributed by atoms with Gasteiger partial charge in [-0.15, -0.1) is 0 Å². The van der Waals surface area contributed by atoms with Crippen molar-refractivity contribution in [2.24, 2.45) is 0 Å². The van der Waals surface area contributed by atoms with Crippen molar-refractivity contribution >= 4 is 7.82 Å². The Morgan fingerprint density at radius 1 is 0.867 bits per heavy atom. The van der Waals surface area contributed by atoms with E-state index in [1.165, 1.54) is 46.8 Å². The van der Waals surface area contributed by atoms with Gasteiger partial charge < -0.3 is 42.3 Å². The Morgan fingerprint density at radius 3 is 2.07 bits per heavy atom. The van der Waals surface area contributed by atoms with Crippen molar-refractivity contribution in [2.75, 3.05) is 28.4 Å². The molecule has 0 aliphatic heterocycles. The van der Waals surface area contributed by atoms with E-state index in [1.807, 2.05) is 0 Å². The van der Waals surface area contributed by atoms with Gasteiger partial charge in [-0.1, -0.05) is 5.16 Å². The molecule has 0 aliphatic carbocycles. The van der Waals surface area contributed by atoms with Gasteiger partial charge >= 0.3 is 0 Å². The maximum Gasteiger partial charge on any atom is 0.203 e. The number of benzene rings is 2. The van der Waals surface area contributed by atoms with Crippen molar-refractivity contribution in [1.29, 1.82) is 0 Å². The summed E-state index contributed by atoms with van der Waals surface area (Å²) in [5, 5.41) is 4.01. The monoisotopic (exact) mass is 435 g/mol. The van der Waals surface area contributed by atoms with Gasteiger partial charge in [0.15, 0.2) is 11.5 Å². The van der Waals surface area contributed by atoms with Crippen LogP contribution < -0.4 is 33.3 Å². The summed E-state index contributed by atoms with van der Waals surface area (Å²) in [7, 11) is 0.487. The van der Waals surface area contributed by atoms with Crippen LogP contribution in [-0.4, -0.2) is 33.6 Å². The molecule has 0 saturated heterocycles. The maximum atomic E-state index is 11.2. The Bertz CT molecular complexity index is 1060. The topological polar surface area (TPSA) is 135 Å². The third kappa shape index (κ3) is 4.35. The van der Waals surface area contributed by atoms with Crippen molar-refractivity contribution in [1.82, 2.24) is 5.16 Å². The van der Waals surface area contributed by atoms with Crippen LogP contribution in [0.2, 0.25) is 0 Å². The SMILES string of the molecule is COc1ccc(-c2conc2-c2cc(OC)c(OC)c(OC)c2)c(OP(=O)([O-])[O-])c1. The number of aromatic nitrogens is 1. The predicted octanol–water partition coefficient (Wildman–Crippen LogP) is 2.25. The van der Waals surface area contributed by atoms with Crippen LogP contribution in [0.1, 0.15) is 0 Å². The highest BCUT2D eigenvalue weighted by Gasteiger charge is 2.21. The summed E-state index contributed by atoms with van der Waals surface area (Å²) < 4.78 is 42.1. The first-order valence-electron chi connectivity index (χ1n) is 8.46. The molecule has 0 aliphatic rings. The van der Waals surface area contributed by atoms with Crippen molar-refractivity contribution in [3.8, 4) is 51.1 Å². The standard InChI is InChI=1S/C19H20NO9P/c1-24-12-5-6-13(15(9-12)29-30(21,22)23)14-10-28-20-18(14)11-7-16(25-2)19(27-4)17(8-11)26-3/h5-10H,1-4H3,(H2,21,22,23)/p-2. The summed E-state index contributed by atoms with van der Waals surface area (Å²) in [6.07, 6.45) is 1.30. The van der Waals surface area contributed by atoms with E-state index in [4.69, 9.17) is 23.5 Å². The number of hydrogen-bond acceptors (Lipinski definition) is 10. The molecule has 10 nitrogen and oxygen atoms in total. The molecule has 2 aromatic carbocycles. The molecule has 3 rings (SSSR count). The van der Waals surface area contributed by atoms with Gasteiger partial charge in [0.25, 0.3) is 0 Å². The summed E-state index contributed by atoms with van der Waals surface area (Å²) in [6, 6.07) is 7.69. The van der Waals surface area contributed by atoms with E-state index in [9.17, 15) is 14.4 Å². The number of phosphoric ester groups is 1. The molecule has 0 unspecified atom stereocenters. The third-order valence-electron chi connectivity index (χ3n) is 4.20. The average Bonchev–Trinajstić information content (AvgIpc) is 3.20. The van der Waals surface area contributed by atoms with Crippen molar-refractivity contribution < 1.29 is 42.3 Å². The van der Waals surface area contributed by atoms with Crippen molar-refractivity contribution in [3.05, 3.63) is 36.6 Å². The minimum absolute atomic E-state index is 0.223. The Kier molecular flexibility index (Phi) is 6.21. The molecule has 0 radical (unpaired) electrons. The average molecular weight is 435 g/mol. The summed E-state index contributed by atoms with van der Waals surface area (Å²) in [6.45, 7) is 0. The highest BCUT2D eigenvalue weighted by atomic mass is 31.2. The first kappa shape index (κ1) is 21.5. The number of nitrogens with zero attached hydrogens (tertiary/aromatic N) is 1. The lowest BCUT2D eigenvalue weighted by molar-refractivity contribution is -0.333. The zero-order valence-corrected chi connectivity index (χ0v) is 17.4. The molecule has 160 valence electrons. The van der Waals surface area contributed by atoms with E-state index in [0.29, 0.717) is 39.8 Å². The summed E-state index contributed by atoms with van der Waals surface area (Å²) >= 11 is 0. The largest absolute Gasteiger partial charge is 0.780 e. The van der Waals surface area contributed by atoms with E-state index < -0.39 is 7.82 Å². The molecule has 30 heavy (non-hydrogen) atoms. The van der Waals surface area contributed by atoms with Crippen LogP contribution in [0.5, 0.6) is 28.7 Å². The fourth-order valence-electron chi connectivity index (χ4n) is 2.90. The zero-order chi connectivity index (χ0) is 21.9. The molecule has 1 aromatic heterocycles. The van der Waals surface area contributed by atoms with Gasteiger partial charge in [0.2, 0.25) is 5.75 Å². The maximum absolute atomic E-state index is 11.2. The molecule has 0 N–H and O–H groups in total. The molecule has 0 fully saturated rings. The molecule has 0 amide bonds. The van der Waals surface area contributed by atoms with Crippen LogP contribution in [0.15, 0.2) is 41.1 Å². The fraction of sp³-hybridized carbons (Fsp3) is 0.211. The molecule has 0 saturated carbocycles. The van der Waals surface area contributed by atoms with E-state index in [-0.39, 0.29) is 11.3 Å². The van der Waals surface area contributed by atoms with Crippen LogP contribution in [0, 0.1) is 0 Å². The first-order valence-corrected chi connectivity index (χ1v) is 9.92. The fourth-order valence-corrected chi connectivity index (χ4v) is 3.29. The van der Waals surface area contributed by atoms with Gasteiger partial charge in [0, 0.05) is 17.2 Å². The second-order valence-corrected chi connectivity index (χ2v) is 6.97. The van der Waals surface area contributed by atoms with Crippen LogP contribution in [0.3, 0.4) is 0 Å². The van der Waals surface area contributed by atoms with Crippen LogP contribution >= 0.6 is 7.82 Å². The second-order valence-electron chi connectivity index (χ2n) is 5.89. The summed E-state index contributed by atoms with van der Waals surface area (Å²) in [5.41, 5.74) is 1.49. The Labute approximate surface area is 172 Å². The lowest BCUT2D eigenvalue weighted by Crippen LogP contribution is -2.18. The number of ether oxygens (including phenoxy) is 4. The van der Waals surface area contributed by atoms with Gasteiger partial charge in [-0.05, 0) is 24.3 Å². The van der Waals surface area contributed by atoms with Gasteiger partial charge in [0.05, 0.1) is 34.0 Å². The molecule has 11 heteroatoms. The molecule has 0 bridgehead atoms. The zero-order valence-electron chi connectivity index (χ0n) is 16.5. The smallest absolute Gasteiger partial charge is 0.203 e. The Morgan fingerprint density at radius 2 is 1.53 bits per heavy atom. The van der Waals surface area contributed by atoms with Crippen molar-refractivity contribution in [2.45, 2.75) is 0 Å². The normalized spacial score (nSPS) is 11.1. The van der Waals surface area contributed by atoms with E-state index in [0.717, 1.165) is 0 Å². The molecule has 0 spiro atoms. The quantitative estimate of drug-likeness (QED) is 0.485. The van der Waals surface area contributed by atoms with Crippen LogP contribution in [0.25, 0.3) is 22.4 Å². The highest BCUT2D eigenvalue weighted by Crippen LogP contribution is 2.46. The van der Waals surface area contributed by atoms with Crippen LogP contribution in [-0.2, 0) is 4.57 Å². The van der Waals surface area contributed by atoms with Gasteiger partial charge in [-0.25, -0.2) is 0 Å². The molecular formula is C19H18NO9P-2. The third-order valence-corrected chi connectivity index (χ3v) is 4.62.